The van der Waals surface area contributed by atoms with Crippen LogP contribution < -0.4 is 5.32 Å². The Balaban J connectivity index is 0.000000134. The average Bonchev–Trinajstić information content (AvgIpc) is 2.96. The number of carbonyl (C=O) groups is 1. The molecule has 0 aliphatic carbocycles. The van der Waals surface area contributed by atoms with Gasteiger partial charge in [-0.05, 0) is 53.0 Å². The van der Waals surface area contributed by atoms with Crippen molar-refractivity contribution >= 4 is 38.6 Å². The fourth-order valence-corrected chi connectivity index (χ4v) is 4.24. The van der Waals surface area contributed by atoms with Crippen molar-refractivity contribution in [1.82, 2.24) is 5.32 Å². The van der Waals surface area contributed by atoms with E-state index in [2.05, 4.69) is 5.32 Å². The smallest absolute Gasteiger partial charge is 0.150 e. The second-order valence-electron chi connectivity index (χ2n) is 8.54. The van der Waals surface area contributed by atoms with Crippen molar-refractivity contribution < 1.29 is 18.0 Å². The standard InChI is InChI=1S/C12H12FN.C11H7FO.C10H7F/c1-14-8-9-6-7-12(13)11-5-3-2-4-10(9)11;12-11-6-5-8(7-13)9-3-1-2-4-10(9)11;11-10-7-3-5-8-4-1-2-6-9(8)10/h2-7,14H,8H2,1H3;1-7H;1-7H. The molecule has 0 amide bonds. The number of aldehydes is 1. The highest BCUT2D eigenvalue weighted by atomic mass is 19.1. The van der Waals surface area contributed by atoms with Crippen LogP contribution in [0.2, 0.25) is 0 Å². The molecule has 0 heterocycles. The molecule has 0 bridgehead atoms. The van der Waals surface area contributed by atoms with Crippen molar-refractivity contribution in [2.75, 3.05) is 7.05 Å². The normalized spacial score (nSPS) is 10.4. The SMILES string of the molecule is CNCc1ccc(F)c2ccccc12.Fc1cccc2ccccc12.O=Cc1ccc(F)c2ccccc12. The van der Waals surface area contributed by atoms with Gasteiger partial charge in [-0.15, -0.1) is 0 Å². The quantitative estimate of drug-likeness (QED) is 0.243. The first kappa shape index (κ1) is 26.6. The van der Waals surface area contributed by atoms with Crippen molar-refractivity contribution in [2.45, 2.75) is 6.54 Å². The van der Waals surface area contributed by atoms with Crippen molar-refractivity contribution in [3.05, 3.63) is 144 Å². The van der Waals surface area contributed by atoms with Crippen LogP contribution >= 0.6 is 0 Å². The number of carbonyl (C=O) groups excluding carboxylic acids is 1. The molecule has 0 spiro atoms. The van der Waals surface area contributed by atoms with Crippen molar-refractivity contribution in [1.29, 1.82) is 0 Å². The highest BCUT2D eigenvalue weighted by Crippen LogP contribution is 2.22. The molecule has 0 aliphatic rings. The topological polar surface area (TPSA) is 29.1 Å². The molecule has 0 fully saturated rings. The van der Waals surface area contributed by atoms with Crippen LogP contribution in [0.5, 0.6) is 0 Å². The molecule has 0 saturated carbocycles. The number of hydrogen-bond acceptors (Lipinski definition) is 2. The molecule has 1 N–H and O–H groups in total. The van der Waals surface area contributed by atoms with Gasteiger partial charge in [0, 0.05) is 28.3 Å². The lowest BCUT2D eigenvalue weighted by Gasteiger charge is -2.06. The lowest BCUT2D eigenvalue weighted by Crippen LogP contribution is -2.05. The van der Waals surface area contributed by atoms with Crippen molar-refractivity contribution in [2.24, 2.45) is 0 Å². The minimum Gasteiger partial charge on any atom is -0.316 e. The van der Waals surface area contributed by atoms with Gasteiger partial charge in [0.25, 0.3) is 0 Å². The van der Waals surface area contributed by atoms with E-state index in [1.165, 1.54) is 24.3 Å². The van der Waals surface area contributed by atoms with E-state index in [1.807, 2.05) is 61.6 Å². The predicted octanol–water partition coefficient (Wildman–Crippen LogP) is 8.47. The molecule has 6 aromatic carbocycles. The Hall–Kier alpha value is -4.48. The third-order valence-corrected chi connectivity index (χ3v) is 6.10. The molecule has 0 aliphatic heterocycles. The molecule has 6 rings (SSSR count). The Morgan fingerprint density at radius 3 is 1.68 bits per heavy atom. The first-order valence-electron chi connectivity index (χ1n) is 12.1. The van der Waals surface area contributed by atoms with Crippen LogP contribution in [0.15, 0.2) is 115 Å². The van der Waals surface area contributed by atoms with Gasteiger partial charge >= 0.3 is 0 Å². The van der Waals surface area contributed by atoms with Crippen LogP contribution in [0.4, 0.5) is 13.2 Å². The van der Waals surface area contributed by atoms with E-state index in [-0.39, 0.29) is 17.5 Å². The summed E-state index contributed by atoms with van der Waals surface area (Å²) in [5.74, 6) is -0.593. The Morgan fingerprint density at radius 2 is 1.05 bits per heavy atom. The first-order chi connectivity index (χ1) is 18.5. The van der Waals surface area contributed by atoms with Gasteiger partial charge in [-0.1, -0.05) is 91.0 Å². The fourth-order valence-electron chi connectivity index (χ4n) is 4.24. The van der Waals surface area contributed by atoms with E-state index >= 15 is 0 Å². The number of halogens is 3. The number of fused-ring (bicyclic) bond motifs is 3. The summed E-state index contributed by atoms with van der Waals surface area (Å²) in [5, 5.41) is 7.55. The maximum absolute atomic E-state index is 13.4. The molecule has 38 heavy (non-hydrogen) atoms. The van der Waals surface area contributed by atoms with Gasteiger partial charge < -0.3 is 5.32 Å². The maximum Gasteiger partial charge on any atom is 0.150 e. The van der Waals surface area contributed by atoms with Gasteiger partial charge in [0.15, 0.2) is 6.29 Å². The summed E-state index contributed by atoms with van der Waals surface area (Å²) in [5.41, 5.74) is 1.65. The van der Waals surface area contributed by atoms with Crippen LogP contribution in [0.25, 0.3) is 32.3 Å². The van der Waals surface area contributed by atoms with E-state index in [9.17, 15) is 18.0 Å². The zero-order valence-corrected chi connectivity index (χ0v) is 20.8. The molecule has 0 aromatic heterocycles. The van der Waals surface area contributed by atoms with Crippen LogP contribution in [0, 0.1) is 17.5 Å². The maximum atomic E-state index is 13.4. The molecule has 0 radical (unpaired) electrons. The van der Waals surface area contributed by atoms with E-state index in [1.54, 1.807) is 36.4 Å². The molecule has 5 heteroatoms. The predicted molar refractivity (Wildman–Crippen MR) is 150 cm³/mol. The van der Waals surface area contributed by atoms with Crippen molar-refractivity contribution in [3.8, 4) is 0 Å². The molecule has 190 valence electrons. The minimum absolute atomic E-state index is 0.150. The Kier molecular flexibility index (Phi) is 8.85. The Morgan fingerprint density at radius 1 is 0.553 bits per heavy atom. The zero-order chi connectivity index (χ0) is 26.9. The number of benzene rings is 6. The van der Waals surface area contributed by atoms with E-state index in [0.29, 0.717) is 27.1 Å². The van der Waals surface area contributed by atoms with Gasteiger partial charge in [-0.25, -0.2) is 13.2 Å². The Bertz CT molecular complexity index is 1690. The summed E-state index contributed by atoms with van der Waals surface area (Å²) < 4.78 is 39.6. The number of rotatable bonds is 3. The minimum atomic E-state index is -0.291. The monoisotopic (exact) mass is 509 g/mol. The molecule has 0 atom stereocenters. The molecular weight excluding hydrogens is 483 g/mol. The van der Waals surface area contributed by atoms with E-state index in [4.69, 9.17) is 0 Å². The van der Waals surface area contributed by atoms with Crippen LogP contribution in [0.3, 0.4) is 0 Å². The van der Waals surface area contributed by atoms with E-state index < -0.39 is 0 Å². The van der Waals surface area contributed by atoms with Gasteiger partial charge in [-0.2, -0.15) is 0 Å². The highest BCUT2D eigenvalue weighted by molar-refractivity contribution is 5.98. The van der Waals surface area contributed by atoms with Crippen molar-refractivity contribution in [3.63, 3.8) is 0 Å². The summed E-state index contributed by atoms with van der Waals surface area (Å²) in [6.07, 6.45) is 0.738. The molecular formula is C33H26F3NO. The third-order valence-electron chi connectivity index (χ3n) is 6.10. The number of nitrogens with one attached hydrogen (secondary N) is 1. The fraction of sp³-hybridized carbons (Fsp3) is 0.0606. The molecule has 0 saturated heterocycles. The van der Waals surface area contributed by atoms with Gasteiger partial charge in [0.2, 0.25) is 0 Å². The van der Waals surface area contributed by atoms with Gasteiger partial charge in [0.05, 0.1) is 0 Å². The Labute approximate surface area is 219 Å². The lowest BCUT2D eigenvalue weighted by atomic mass is 10.0. The summed E-state index contributed by atoms with van der Waals surface area (Å²) in [6, 6.07) is 33.2. The number of hydrogen-bond donors (Lipinski definition) is 1. The second-order valence-corrected chi connectivity index (χ2v) is 8.54. The second kappa shape index (κ2) is 12.7. The average molecular weight is 510 g/mol. The first-order valence-corrected chi connectivity index (χ1v) is 12.1. The summed E-state index contributed by atoms with van der Waals surface area (Å²) >= 11 is 0. The zero-order valence-electron chi connectivity index (χ0n) is 20.8. The van der Waals surface area contributed by atoms with Crippen LogP contribution in [-0.2, 0) is 6.54 Å². The van der Waals surface area contributed by atoms with Gasteiger partial charge in [0.1, 0.15) is 17.5 Å². The summed E-state index contributed by atoms with van der Waals surface area (Å²) in [6.45, 7) is 0.765. The molecule has 6 aromatic rings. The van der Waals surface area contributed by atoms with Crippen LogP contribution in [-0.4, -0.2) is 13.3 Å². The highest BCUT2D eigenvalue weighted by Gasteiger charge is 2.04. The summed E-state index contributed by atoms with van der Waals surface area (Å²) in [4.78, 5) is 10.6. The lowest BCUT2D eigenvalue weighted by molar-refractivity contribution is 0.112. The largest absolute Gasteiger partial charge is 0.316 e. The summed E-state index contributed by atoms with van der Waals surface area (Å²) in [7, 11) is 1.89. The third kappa shape index (κ3) is 6.07. The van der Waals surface area contributed by atoms with Gasteiger partial charge in [-0.3, -0.25) is 4.79 Å². The van der Waals surface area contributed by atoms with Crippen LogP contribution in [0.1, 0.15) is 15.9 Å². The van der Waals surface area contributed by atoms with E-state index in [0.717, 1.165) is 29.2 Å². The molecule has 0 unspecified atom stereocenters. The molecule has 2 nitrogen and oxygen atoms in total.